The van der Waals surface area contributed by atoms with Gasteiger partial charge in [0.1, 0.15) is 16.5 Å². The van der Waals surface area contributed by atoms with Gasteiger partial charge in [0, 0.05) is 11.8 Å². The summed E-state index contributed by atoms with van der Waals surface area (Å²) in [5, 5.41) is 0. The Hall–Kier alpha value is -3.52. The van der Waals surface area contributed by atoms with E-state index in [1.54, 1.807) is 0 Å². The van der Waals surface area contributed by atoms with Gasteiger partial charge in [-0.1, -0.05) is 0 Å². The van der Waals surface area contributed by atoms with Crippen LogP contribution in [-0.2, 0) is 20.0 Å². The molecule has 3 rings (SSSR count). The lowest BCUT2D eigenvalue weighted by Gasteiger charge is -2.11. The zero-order valence-corrected chi connectivity index (χ0v) is 18.2. The molecule has 0 radical (unpaired) electrons. The number of nitrogens with zero attached hydrogens (tertiary/aromatic N) is 2. The average Bonchev–Trinajstić information content (AvgIpc) is 2.74. The summed E-state index contributed by atoms with van der Waals surface area (Å²) in [5.41, 5.74) is -0.0713. The minimum atomic E-state index is -4.45. The van der Waals surface area contributed by atoms with E-state index in [-0.39, 0.29) is 28.3 Å². The number of ether oxygens (including phenoxy) is 2. The molecule has 0 bridgehead atoms. The van der Waals surface area contributed by atoms with E-state index >= 15 is 0 Å². The van der Waals surface area contributed by atoms with E-state index in [1.165, 1.54) is 20.3 Å². The van der Waals surface area contributed by atoms with Gasteiger partial charge in [-0.25, -0.2) is 25.6 Å². The van der Waals surface area contributed by atoms with Crippen molar-refractivity contribution in [2.45, 2.75) is 9.79 Å². The molecule has 10 nitrogen and oxygen atoms in total. The topological polar surface area (TPSA) is 137 Å². The highest BCUT2D eigenvalue weighted by Crippen LogP contribution is 2.23. The van der Waals surface area contributed by atoms with Gasteiger partial charge in [-0.2, -0.15) is 9.97 Å². The first-order chi connectivity index (χ1) is 15.0. The summed E-state index contributed by atoms with van der Waals surface area (Å²) in [5.74, 6) is -2.14. The first kappa shape index (κ1) is 23.1. The van der Waals surface area contributed by atoms with Crippen LogP contribution in [0.2, 0.25) is 0 Å². The normalized spacial score (nSPS) is 11.6. The summed E-state index contributed by atoms with van der Waals surface area (Å²) in [7, 11) is -5.96. The van der Waals surface area contributed by atoms with Crippen molar-refractivity contribution in [2.24, 2.45) is 0 Å². The zero-order valence-electron chi connectivity index (χ0n) is 16.5. The Kier molecular flexibility index (Phi) is 6.45. The zero-order chi connectivity index (χ0) is 23.5. The molecule has 32 heavy (non-hydrogen) atoms. The van der Waals surface area contributed by atoms with Crippen LogP contribution in [0, 0.1) is 11.6 Å². The van der Waals surface area contributed by atoms with Gasteiger partial charge in [0.25, 0.3) is 20.0 Å². The van der Waals surface area contributed by atoms with Crippen LogP contribution in [0.15, 0.2) is 58.3 Å². The molecule has 0 saturated heterocycles. The maximum absolute atomic E-state index is 13.8. The predicted molar refractivity (Wildman–Crippen MR) is 110 cm³/mol. The molecule has 2 N–H and O–H groups in total. The number of anilines is 2. The Morgan fingerprint density at radius 2 is 1.50 bits per heavy atom. The third-order valence-electron chi connectivity index (χ3n) is 3.91. The standard InChI is InChI=1S/C18H16F2N4O6S2/c1-29-17-10-16(21-18(22-17)30-2)24-31(25,26)13-6-4-12(5-7-13)23-32(27,28)15-9-11(19)3-8-14(15)20/h3-10,23H,1-2H3,(H,21,22,24). The highest BCUT2D eigenvalue weighted by Gasteiger charge is 2.21. The summed E-state index contributed by atoms with van der Waals surface area (Å²) in [6, 6.07) is 7.61. The molecule has 0 unspecified atom stereocenters. The number of nitrogens with one attached hydrogen (secondary N) is 2. The van der Waals surface area contributed by atoms with Crippen LogP contribution in [0.4, 0.5) is 20.3 Å². The molecule has 0 spiro atoms. The van der Waals surface area contributed by atoms with Crippen LogP contribution in [0.1, 0.15) is 0 Å². The van der Waals surface area contributed by atoms with E-state index in [4.69, 9.17) is 9.47 Å². The third kappa shape index (κ3) is 5.20. The summed E-state index contributed by atoms with van der Waals surface area (Å²) in [4.78, 5) is 6.60. The van der Waals surface area contributed by atoms with Crippen molar-refractivity contribution in [1.29, 1.82) is 0 Å². The van der Waals surface area contributed by atoms with Crippen LogP contribution < -0.4 is 18.9 Å². The van der Waals surface area contributed by atoms with E-state index in [1.807, 2.05) is 0 Å². The monoisotopic (exact) mass is 486 g/mol. The lowest BCUT2D eigenvalue weighted by Crippen LogP contribution is -2.16. The Morgan fingerprint density at radius 3 is 2.12 bits per heavy atom. The molecule has 1 aromatic heterocycles. The van der Waals surface area contributed by atoms with Crippen molar-refractivity contribution in [3.05, 3.63) is 60.2 Å². The Balaban J connectivity index is 1.82. The second-order valence-electron chi connectivity index (χ2n) is 6.09. The van der Waals surface area contributed by atoms with Gasteiger partial charge in [0.2, 0.25) is 5.88 Å². The van der Waals surface area contributed by atoms with Gasteiger partial charge in [-0.15, -0.1) is 0 Å². The van der Waals surface area contributed by atoms with Gasteiger partial charge < -0.3 is 9.47 Å². The first-order valence-corrected chi connectivity index (χ1v) is 11.6. The molecular formula is C18H16F2N4O6S2. The molecular weight excluding hydrogens is 470 g/mol. The van der Waals surface area contributed by atoms with Crippen LogP contribution >= 0.6 is 0 Å². The SMILES string of the molecule is COc1cc(NS(=O)(=O)c2ccc(NS(=O)(=O)c3cc(F)ccc3F)cc2)nc(OC)n1. The molecule has 0 fully saturated rings. The Labute approximate surface area is 182 Å². The molecule has 0 saturated carbocycles. The fourth-order valence-corrected chi connectivity index (χ4v) is 4.58. The molecule has 2 aromatic carbocycles. The number of sulfonamides is 2. The third-order valence-corrected chi connectivity index (χ3v) is 6.68. The summed E-state index contributed by atoms with van der Waals surface area (Å²) in [6.07, 6.45) is 0. The van der Waals surface area contributed by atoms with Gasteiger partial charge in [0.05, 0.1) is 19.1 Å². The number of halogens is 2. The first-order valence-electron chi connectivity index (χ1n) is 8.62. The number of aromatic nitrogens is 2. The molecule has 0 aliphatic rings. The fraction of sp³-hybridized carbons (Fsp3) is 0.111. The lowest BCUT2D eigenvalue weighted by atomic mass is 10.3. The maximum Gasteiger partial charge on any atom is 0.321 e. The second kappa shape index (κ2) is 8.92. The van der Waals surface area contributed by atoms with Gasteiger partial charge in [0.15, 0.2) is 5.82 Å². The largest absolute Gasteiger partial charge is 0.481 e. The lowest BCUT2D eigenvalue weighted by molar-refractivity contribution is 0.353. The highest BCUT2D eigenvalue weighted by atomic mass is 32.2. The van der Waals surface area contributed by atoms with Crippen molar-refractivity contribution in [2.75, 3.05) is 23.7 Å². The van der Waals surface area contributed by atoms with E-state index in [9.17, 15) is 25.6 Å². The number of rotatable bonds is 8. The molecule has 14 heteroatoms. The molecule has 0 aliphatic carbocycles. The summed E-state index contributed by atoms with van der Waals surface area (Å²) in [6.45, 7) is 0. The minimum absolute atomic E-state index is 0.0592. The summed E-state index contributed by atoms with van der Waals surface area (Å²) < 4.78 is 91.1. The van der Waals surface area contributed by atoms with E-state index in [0.717, 1.165) is 30.3 Å². The number of hydrogen-bond donors (Lipinski definition) is 2. The van der Waals surface area contributed by atoms with Crippen LogP contribution in [0.25, 0.3) is 0 Å². The van der Waals surface area contributed by atoms with Gasteiger partial charge >= 0.3 is 6.01 Å². The quantitative estimate of drug-likeness (QED) is 0.495. The van der Waals surface area contributed by atoms with Gasteiger partial charge in [-0.3, -0.25) is 9.44 Å². The molecule has 0 atom stereocenters. The van der Waals surface area contributed by atoms with Crippen molar-refractivity contribution in [1.82, 2.24) is 9.97 Å². The molecule has 3 aromatic rings. The maximum atomic E-state index is 13.8. The smallest absolute Gasteiger partial charge is 0.321 e. The summed E-state index contributed by atoms with van der Waals surface area (Å²) >= 11 is 0. The number of hydrogen-bond acceptors (Lipinski definition) is 8. The fourth-order valence-electron chi connectivity index (χ4n) is 2.44. The van der Waals surface area contributed by atoms with E-state index in [2.05, 4.69) is 19.4 Å². The van der Waals surface area contributed by atoms with Crippen LogP contribution in [0.5, 0.6) is 11.9 Å². The second-order valence-corrected chi connectivity index (χ2v) is 9.43. The Morgan fingerprint density at radius 1 is 0.812 bits per heavy atom. The number of benzene rings is 2. The predicted octanol–water partition coefficient (Wildman–Crippen LogP) is 2.37. The molecule has 0 amide bonds. The van der Waals surface area contributed by atoms with Crippen molar-refractivity contribution in [3.63, 3.8) is 0 Å². The molecule has 0 aliphatic heterocycles. The van der Waals surface area contributed by atoms with Crippen molar-refractivity contribution in [3.8, 4) is 11.9 Å². The highest BCUT2D eigenvalue weighted by molar-refractivity contribution is 7.93. The van der Waals surface area contributed by atoms with Crippen LogP contribution in [-0.4, -0.2) is 41.0 Å². The molecule has 170 valence electrons. The van der Waals surface area contributed by atoms with E-state index < -0.39 is 36.6 Å². The van der Waals surface area contributed by atoms with Crippen molar-refractivity contribution >= 4 is 31.6 Å². The minimum Gasteiger partial charge on any atom is -0.481 e. The molecule has 1 heterocycles. The van der Waals surface area contributed by atoms with Gasteiger partial charge in [-0.05, 0) is 42.5 Å². The average molecular weight is 486 g/mol. The van der Waals surface area contributed by atoms with Crippen molar-refractivity contribution < 1.29 is 35.1 Å². The number of methoxy groups -OCH3 is 2. The Bertz CT molecular complexity index is 1330. The van der Waals surface area contributed by atoms with E-state index in [0.29, 0.717) is 12.1 Å². The van der Waals surface area contributed by atoms with Crippen LogP contribution in [0.3, 0.4) is 0 Å².